The van der Waals surface area contributed by atoms with E-state index < -0.39 is 0 Å². The molecular weight excluding hydrogens is 162 g/mol. The third-order valence-electron chi connectivity index (χ3n) is 2.25. The molecule has 0 aliphatic carbocycles. The Hall–Kier alpha value is -0.800. The van der Waals surface area contributed by atoms with E-state index in [0.29, 0.717) is 6.04 Å². The van der Waals surface area contributed by atoms with Gasteiger partial charge in [-0.25, -0.2) is 0 Å². The number of rotatable bonds is 3. The van der Waals surface area contributed by atoms with Gasteiger partial charge in [0.1, 0.15) is 0 Å². The first kappa shape index (κ1) is 10.3. The molecule has 74 valence electrons. The summed E-state index contributed by atoms with van der Waals surface area (Å²) in [6.07, 6.45) is 4.17. The van der Waals surface area contributed by atoms with E-state index in [2.05, 4.69) is 31.3 Å². The number of aromatic nitrogens is 1. The molecule has 2 N–H and O–H groups in total. The second-order valence-electron chi connectivity index (χ2n) is 3.88. The maximum Gasteiger partial charge on any atom is 0.0506 e. The van der Waals surface area contributed by atoms with Crippen molar-refractivity contribution in [3.8, 4) is 0 Å². The lowest BCUT2D eigenvalue weighted by Gasteiger charge is -2.26. The van der Waals surface area contributed by atoms with Crippen molar-refractivity contribution >= 4 is 0 Å². The zero-order valence-electron chi connectivity index (χ0n) is 8.86. The van der Waals surface area contributed by atoms with Crippen LogP contribution < -0.4 is 5.73 Å². The summed E-state index contributed by atoms with van der Waals surface area (Å²) in [7, 11) is 6.14. The van der Waals surface area contributed by atoms with Crippen molar-refractivity contribution in [1.29, 1.82) is 0 Å². The van der Waals surface area contributed by atoms with Gasteiger partial charge in [-0.15, -0.1) is 0 Å². The molecule has 0 fully saturated rings. The largest absolute Gasteiger partial charge is 0.357 e. The van der Waals surface area contributed by atoms with E-state index in [4.69, 9.17) is 5.73 Å². The van der Waals surface area contributed by atoms with Gasteiger partial charge in [0.2, 0.25) is 0 Å². The fourth-order valence-electron chi connectivity index (χ4n) is 1.77. The number of nitrogens with zero attached hydrogens (tertiary/aromatic N) is 2. The van der Waals surface area contributed by atoms with Gasteiger partial charge in [0, 0.05) is 25.5 Å². The third kappa shape index (κ3) is 2.32. The first-order chi connectivity index (χ1) is 6.02. The molecule has 0 aliphatic heterocycles. The Morgan fingerprint density at radius 1 is 1.46 bits per heavy atom. The van der Waals surface area contributed by atoms with Gasteiger partial charge in [0.15, 0.2) is 0 Å². The van der Waals surface area contributed by atoms with Crippen LogP contribution in [0.15, 0.2) is 18.5 Å². The van der Waals surface area contributed by atoms with E-state index in [0.717, 1.165) is 0 Å². The van der Waals surface area contributed by atoms with Gasteiger partial charge < -0.3 is 15.2 Å². The number of likely N-dealkylation sites (N-methyl/N-ethyl adjacent to an activating group) is 1. The molecule has 0 aliphatic rings. The second-order valence-corrected chi connectivity index (χ2v) is 3.88. The van der Waals surface area contributed by atoms with Crippen molar-refractivity contribution in [3.63, 3.8) is 0 Å². The van der Waals surface area contributed by atoms with Crippen LogP contribution in [0.2, 0.25) is 0 Å². The first-order valence-electron chi connectivity index (χ1n) is 4.56. The summed E-state index contributed by atoms with van der Waals surface area (Å²) in [4.78, 5) is 2.15. The van der Waals surface area contributed by atoms with Gasteiger partial charge in [0.25, 0.3) is 0 Å². The lowest BCUT2D eigenvalue weighted by molar-refractivity contribution is 0.266. The van der Waals surface area contributed by atoms with Crippen LogP contribution in [0.1, 0.15) is 18.5 Å². The van der Waals surface area contributed by atoms with Crippen LogP contribution in [0.3, 0.4) is 0 Å². The lowest BCUT2D eigenvalue weighted by atomic mass is 10.0. The Morgan fingerprint density at radius 3 is 2.38 bits per heavy atom. The van der Waals surface area contributed by atoms with Crippen molar-refractivity contribution in [2.45, 2.75) is 19.0 Å². The minimum atomic E-state index is 0.150. The molecule has 0 radical (unpaired) electrons. The summed E-state index contributed by atoms with van der Waals surface area (Å²) in [6, 6.07) is 2.58. The summed E-state index contributed by atoms with van der Waals surface area (Å²) in [5.41, 5.74) is 7.21. The molecule has 0 amide bonds. The maximum atomic E-state index is 5.93. The third-order valence-corrected chi connectivity index (χ3v) is 2.25. The molecule has 2 unspecified atom stereocenters. The Kier molecular flexibility index (Phi) is 3.12. The van der Waals surface area contributed by atoms with Gasteiger partial charge >= 0.3 is 0 Å². The van der Waals surface area contributed by atoms with Gasteiger partial charge in [0.05, 0.1) is 6.04 Å². The lowest BCUT2D eigenvalue weighted by Crippen LogP contribution is -2.34. The van der Waals surface area contributed by atoms with E-state index in [1.54, 1.807) is 0 Å². The van der Waals surface area contributed by atoms with Crippen LogP contribution in [0.4, 0.5) is 0 Å². The quantitative estimate of drug-likeness (QED) is 0.754. The van der Waals surface area contributed by atoms with Crippen molar-refractivity contribution < 1.29 is 0 Å². The van der Waals surface area contributed by atoms with E-state index in [1.807, 2.05) is 24.7 Å². The smallest absolute Gasteiger partial charge is 0.0506 e. The molecule has 0 bridgehead atoms. The van der Waals surface area contributed by atoms with Crippen molar-refractivity contribution in [2.24, 2.45) is 12.8 Å². The molecule has 3 heteroatoms. The first-order valence-corrected chi connectivity index (χ1v) is 4.56. The van der Waals surface area contributed by atoms with Gasteiger partial charge in [-0.05, 0) is 32.6 Å². The highest BCUT2D eigenvalue weighted by atomic mass is 15.1. The zero-order chi connectivity index (χ0) is 10.0. The molecule has 0 aromatic carbocycles. The van der Waals surface area contributed by atoms with Crippen LogP contribution in [-0.4, -0.2) is 29.6 Å². The molecule has 3 nitrogen and oxygen atoms in total. The summed E-state index contributed by atoms with van der Waals surface area (Å²) >= 11 is 0. The van der Waals surface area contributed by atoms with Gasteiger partial charge in [-0.1, -0.05) is 0 Å². The molecule has 1 aromatic rings. The Labute approximate surface area is 80.1 Å². The molecule has 2 atom stereocenters. The molecular formula is C10H19N3. The van der Waals surface area contributed by atoms with Crippen LogP contribution in [-0.2, 0) is 7.05 Å². The number of aryl methyl sites for hydroxylation is 1. The standard InChI is InChI=1S/C10H19N3/c1-8(11)10(12(2)3)9-5-6-13(4)7-9/h5-8,10H,11H2,1-4H3. The molecule has 1 aromatic heterocycles. The summed E-state index contributed by atoms with van der Waals surface area (Å²) in [5, 5.41) is 0. The van der Waals surface area contributed by atoms with Crippen molar-refractivity contribution in [3.05, 3.63) is 24.0 Å². The van der Waals surface area contributed by atoms with Crippen molar-refractivity contribution in [1.82, 2.24) is 9.47 Å². The average Bonchev–Trinajstić information content (AvgIpc) is 2.34. The number of hydrogen-bond donors (Lipinski definition) is 1. The minimum Gasteiger partial charge on any atom is -0.357 e. The normalized spacial score (nSPS) is 16.2. The Bertz CT molecular complexity index is 255. The average molecular weight is 181 g/mol. The summed E-state index contributed by atoms with van der Waals surface area (Å²) in [5.74, 6) is 0. The second kappa shape index (κ2) is 3.94. The molecule has 0 spiro atoms. The van der Waals surface area contributed by atoms with E-state index >= 15 is 0 Å². The molecule has 0 saturated heterocycles. The minimum absolute atomic E-state index is 0.150. The maximum absolute atomic E-state index is 5.93. The zero-order valence-corrected chi connectivity index (χ0v) is 8.86. The van der Waals surface area contributed by atoms with Crippen LogP contribution >= 0.6 is 0 Å². The number of hydrogen-bond acceptors (Lipinski definition) is 2. The van der Waals surface area contributed by atoms with Crippen LogP contribution in [0.25, 0.3) is 0 Å². The monoisotopic (exact) mass is 181 g/mol. The molecule has 13 heavy (non-hydrogen) atoms. The highest BCUT2D eigenvalue weighted by molar-refractivity contribution is 5.16. The predicted octanol–water partition coefficient (Wildman–Crippen LogP) is 0.975. The van der Waals surface area contributed by atoms with E-state index in [-0.39, 0.29) is 6.04 Å². The predicted molar refractivity (Wildman–Crippen MR) is 55.5 cm³/mol. The summed E-state index contributed by atoms with van der Waals surface area (Å²) < 4.78 is 2.05. The fraction of sp³-hybridized carbons (Fsp3) is 0.600. The van der Waals surface area contributed by atoms with Gasteiger partial charge in [-0.3, -0.25) is 0 Å². The Morgan fingerprint density at radius 2 is 2.08 bits per heavy atom. The SMILES string of the molecule is CC(N)C(c1ccn(C)c1)N(C)C. The molecule has 1 rings (SSSR count). The highest BCUT2D eigenvalue weighted by Crippen LogP contribution is 2.20. The molecule has 1 heterocycles. The van der Waals surface area contributed by atoms with Crippen LogP contribution in [0, 0.1) is 0 Å². The Balaban J connectivity index is 2.88. The van der Waals surface area contributed by atoms with Gasteiger partial charge in [-0.2, -0.15) is 0 Å². The number of nitrogens with two attached hydrogens (primary N) is 1. The van der Waals surface area contributed by atoms with Crippen molar-refractivity contribution in [2.75, 3.05) is 14.1 Å². The van der Waals surface area contributed by atoms with Crippen LogP contribution in [0.5, 0.6) is 0 Å². The van der Waals surface area contributed by atoms with E-state index in [9.17, 15) is 0 Å². The van der Waals surface area contributed by atoms with E-state index in [1.165, 1.54) is 5.56 Å². The highest BCUT2D eigenvalue weighted by Gasteiger charge is 2.18. The summed E-state index contributed by atoms with van der Waals surface area (Å²) in [6.45, 7) is 2.04. The molecule has 0 saturated carbocycles. The fourth-order valence-corrected chi connectivity index (χ4v) is 1.77. The topological polar surface area (TPSA) is 34.2 Å².